The average molecular weight is 395 g/mol. The van der Waals surface area contributed by atoms with E-state index in [0.29, 0.717) is 5.56 Å². The van der Waals surface area contributed by atoms with Crippen molar-refractivity contribution < 1.29 is 23.2 Å². The SMILES string of the molecule is O=C(NC(=O)c1cccc(-c2noc(-c3ccccc3F)n2)c1)OC1CCCC1. The number of rotatable bonds is 4. The van der Waals surface area contributed by atoms with Crippen molar-refractivity contribution in [3.63, 3.8) is 0 Å². The van der Waals surface area contributed by atoms with Gasteiger partial charge in [0.05, 0.1) is 5.56 Å². The van der Waals surface area contributed by atoms with Crippen LogP contribution < -0.4 is 5.32 Å². The zero-order valence-corrected chi connectivity index (χ0v) is 15.4. The molecule has 1 fully saturated rings. The molecule has 29 heavy (non-hydrogen) atoms. The number of nitrogens with zero attached hydrogens (tertiary/aromatic N) is 2. The van der Waals surface area contributed by atoms with Gasteiger partial charge in [0, 0.05) is 11.1 Å². The highest BCUT2D eigenvalue weighted by Crippen LogP contribution is 2.25. The minimum absolute atomic E-state index is 0.0353. The third-order valence-corrected chi connectivity index (χ3v) is 4.70. The van der Waals surface area contributed by atoms with Crippen molar-refractivity contribution in [2.45, 2.75) is 31.8 Å². The minimum atomic E-state index is -0.756. The summed E-state index contributed by atoms with van der Waals surface area (Å²) in [5, 5.41) is 6.08. The first-order chi connectivity index (χ1) is 14.1. The van der Waals surface area contributed by atoms with Crippen LogP contribution in [-0.4, -0.2) is 28.2 Å². The van der Waals surface area contributed by atoms with Crippen LogP contribution in [0.5, 0.6) is 0 Å². The summed E-state index contributed by atoms with van der Waals surface area (Å²) in [6, 6.07) is 12.5. The van der Waals surface area contributed by atoms with E-state index in [-0.39, 0.29) is 28.9 Å². The molecule has 1 aliphatic carbocycles. The molecule has 0 spiro atoms. The largest absolute Gasteiger partial charge is 0.446 e. The van der Waals surface area contributed by atoms with Crippen LogP contribution in [0.3, 0.4) is 0 Å². The number of halogens is 1. The van der Waals surface area contributed by atoms with E-state index >= 15 is 0 Å². The van der Waals surface area contributed by atoms with Gasteiger partial charge in [0.15, 0.2) is 0 Å². The predicted molar refractivity (Wildman–Crippen MR) is 101 cm³/mol. The Balaban J connectivity index is 1.48. The summed E-state index contributed by atoms with van der Waals surface area (Å²) >= 11 is 0. The predicted octanol–water partition coefficient (Wildman–Crippen LogP) is 4.35. The Morgan fingerprint density at radius 3 is 2.69 bits per heavy atom. The maximum Gasteiger partial charge on any atom is 0.414 e. The smallest absolute Gasteiger partial charge is 0.414 e. The maximum absolute atomic E-state index is 13.9. The van der Waals surface area contributed by atoms with Crippen LogP contribution in [0, 0.1) is 5.82 Å². The van der Waals surface area contributed by atoms with E-state index in [1.165, 1.54) is 18.2 Å². The molecule has 2 aromatic carbocycles. The topological polar surface area (TPSA) is 94.3 Å². The molecule has 7 nitrogen and oxygen atoms in total. The van der Waals surface area contributed by atoms with Gasteiger partial charge >= 0.3 is 6.09 Å². The molecule has 8 heteroatoms. The van der Waals surface area contributed by atoms with E-state index in [1.807, 2.05) is 0 Å². The number of hydrogen-bond acceptors (Lipinski definition) is 6. The second-order valence-electron chi connectivity index (χ2n) is 6.75. The lowest BCUT2D eigenvalue weighted by molar-refractivity contribution is 0.0833. The molecule has 148 valence electrons. The molecular weight excluding hydrogens is 377 g/mol. The molecule has 4 rings (SSSR count). The van der Waals surface area contributed by atoms with Crippen LogP contribution in [0.4, 0.5) is 9.18 Å². The summed E-state index contributed by atoms with van der Waals surface area (Å²) in [5.74, 6) is -0.830. The fraction of sp³-hybridized carbons (Fsp3) is 0.238. The molecule has 1 N–H and O–H groups in total. The molecule has 0 atom stereocenters. The van der Waals surface area contributed by atoms with Crippen molar-refractivity contribution >= 4 is 12.0 Å². The first-order valence-corrected chi connectivity index (χ1v) is 9.31. The maximum atomic E-state index is 13.9. The number of carbonyl (C=O) groups is 2. The lowest BCUT2D eigenvalue weighted by Gasteiger charge is -2.11. The highest BCUT2D eigenvalue weighted by molar-refractivity contribution is 6.03. The molecule has 1 aliphatic rings. The van der Waals surface area contributed by atoms with E-state index in [4.69, 9.17) is 9.26 Å². The van der Waals surface area contributed by atoms with Crippen molar-refractivity contribution in [3.05, 3.63) is 59.9 Å². The van der Waals surface area contributed by atoms with Gasteiger partial charge in [-0.2, -0.15) is 4.98 Å². The molecule has 0 saturated heterocycles. The summed E-state index contributed by atoms with van der Waals surface area (Å²) in [7, 11) is 0. The Labute approximate surface area is 165 Å². The number of amides is 2. The van der Waals surface area contributed by atoms with Crippen molar-refractivity contribution in [3.8, 4) is 22.8 Å². The number of hydrogen-bond donors (Lipinski definition) is 1. The monoisotopic (exact) mass is 395 g/mol. The Morgan fingerprint density at radius 2 is 1.90 bits per heavy atom. The number of aromatic nitrogens is 2. The number of alkyl carbamates (subject to hydrolysis) is 1. The van der Waals surface area contributed by atoms with Gasteiger partial charge in [-0.1, -0.05) is 29.4 Å². The third-order valence-electron chi connectivity index (χ3n) is 4.70. The first-order valence-electron chi connectivity index (χ1n) is 9.31. The fourth-order valence-electron chi connectivity index (χ4n) is 3.24. The Morgan fingerprint density at radius 1 is 1.10 bits per heavy atom. The standard InChI is InChI=1S/C21H18FN3O4/c22-17-11-4-3-10-16(17)20-23-18(25-29-20)13-6-5-7-14(12-13)19(26)24-21(27)28-15-8-1-2-9-15/h3-7,10-12,15H,1-2,8-9H2,(H,24,26,27). The number of ether oxygens (including phenoxy) is 1. The van der Waals surface area contributed by atoms with Gasteiger partial charge in [0.1, 0.15) is 11.9 Å². The summed E-state index contributed by atoms with van der Waals surface area (Å²) in [6.07, 6.45) is 2.79. The normalized spacial score (nSPS) is 14.0. The van der Waals surface area contributed by atoms with Crippen LogP contribution in [0.25, 0.3) is 22.8 Å². The molecular formula is C21H18FN3O4. The zero-order chi connectivity index (χ0) is 20.2. The molecule has 3 aromatic rings. The molecule has 1 heterocycles. The van der Waals surface area contributed by atoms with Crippen LogP contribution in [0.1, 0.15) is 36.0 Å². The van der Waals surface area contributed by atoms with Crippen LogP contribution >= 0.6 is 0 Å². The van der Waals surface area contributed by atoms with Crippen molar-refractivity contribution in [1.29, 1.82) is 0 Å². The van der Waals surface area contributed by atoms with E-state index < -0.39 is 17.8 Å². The second kappa shape index (κ2) is 8.22. The molecule has 0 unspecified atom stereocenters. The molecule has 0 aliphatic heterocycles. The Hall–Kier alpha value is -3.55. The van der Waals surface area contributed by atoms with E-state index in [9.17, 15) is 14.0 Å². The second-order valence-corrected chi connectivity index (χ2v) is 6.75. The summed E-state index contributed by atoms with van der Waals surface area (Å²) < 4.78 is 24.3. The average Bonchev–Trinajstić information content (AvgIpc) is 3.40. The van der Waals surface area contributed by atoms with Crippen molar-refractivity contribution in [2.24, 2.45) is 0 Å². The van der Waals surface area contributed by atoms with Crippen LogP contribution in [0.15, 0.2) is 53.1 Å². The number of benzene rings is 2. The van der Waals surface area contributed by atoms with Crippen molar-refractivity contribution in [2.75, 3.05) is 0 Å². The van der Waals surface area contributed by atoms with Gasteiger partial charge in [-0.15, -0.1) is 0 Å². The number of imide groups is 1. The number of nitrogens with one attached hydrogen (secondary N) is 1. The molecule has 0 bridgehead atoms. The quantitative estimate of drug-likeness (QED) is 0.706. The van der Waals surface area contributed by atoms with Crippen LogP contribution in [0.2, 0.25) is 0 Å². The van der Waals surface area contributed by atoms with Gasteiger partial charge in [-0.3, -0.25) is 10.1 Å². The Bertz CT molecular complexity index is 1040. The van der Waals surface area contributed by atoms with Gasteiger partial charge < -0.3 is 9.26 Å². The summed E-state index contributed by atoms with van der Waals surface area (Å²) in [4.78, 5) is 28.5. The third kappa shape index (κ3) is 4.31. The van der Waals surface area contributed by atoms with Gasteiger partial charge in [-0.25, -0.2) is 9.18 Å². The highest BCUT2D eigenvalue weighted by Gasteiger charge is 2.21. The van der Waals surface area contributed by atoms with E-state index in [1.54, 1.807) is 30.3 Å². The Kier molecular flexibility index (Phi) is 5.33. The molecule has 2 amide bonds. The first kappa shape index (κ1) is 18.8. The zero-order valence-electron chi connectivity index (χ0n) is 15.4. The summed E-state index contributed by atoms with van der Waals surface area (Å²) in [5.41, 5.74) is 0.922. The molecule has 1 aromatic heterocycles. The van der Waals surface area contributed by atoms with Crippen LogP contribution in [-0.2, 0) is 4.74 Å². The lowest BCUT2D eigenvalue weighted by Crippen LogP contribution is -2.33. The van der Waals surface area contributed by atoms with Crippen molar-refractivity contribution in [1.82, 2.24) is 15.5 Å². The fourth-order valence-corrected chi connectivity index (χ4v) is 3.24. The van der Waals surface area contributed by atoms with E-state index in [0.717, 1.165) is 25.7 Å². The lowest BCUT2D eigenvalue weighted by atomic mass is 10.1. The highest BCUT2D eigenvalue weighted by atomic mass is 19.1. The van der Waals surface area contributed by atoms with Gasteiger partial charge in [-0.05, 0) is 49.9 Å². The van der Waals surface area contributed by atoms with Gasteiger partial charge in [0.25, 0.3) is 11.8 Å². The number of carbonyl (C=O) groups excluding carboxylic acids is 2. The van der Waals surface area contributed by atoms with Gasteiger partial charge in [0.2, 0.25) is 5.82 Å². The molecule has 0 radical (unpaired) electrons. The van der Waals surface area contributed by atoms with E-state index in [2.05, 4.69) is 15.5 Å². The minimum Gasteiger partial charge on any atom is -0.446 e. The molecule has 1 saturated carbocycles. The summed E-state index contributed by atoms with van der Waals surface area (Å²) in [6.45, 7) is 0.